The molecule has 0 amide bonds. The summed E-state index contributed by atoms with van der Waals surface area (Å²) >= 11 is 6.75. The molecule has 0 atom stereocenters. The molecule has 0 aliphatic carbocycles. The fraction of sp³-hybridized carbons (Fsp3) is 0.158. The first kappa shape index (κ1) is 18.7. The van der Waals surface area contributed by atoms with Gasteiger partial charge < -0.3 is 14.2 Å². The van der Waals surface area contributed by atoms with Crippen LogP contribution in [0.5, 0.6) is 11.5 Å². The van der Waals surface area contributed by atoms with Crippen LogP contribution in [0.4, 0.5) is 0 Å². The predicted octanol–water partition coefficient (Wildman–Crippen LogP) is 4.42. The van der Waals surface area contributed by atoms with Crippen molar-refractivity contribution >= 4 is 49.2 Å². The summed E-state index contributed by atoms with van der Waals surface area (Å²) in [7, 11) is 3.11. The van der Waals surface area contributed by atoms with E-state index in [1.165, 1.54) is 7.11 Å². The van der Waals surface area contributed by atoms with Gasteiger partial charge in [0.2, 0.25) is 5.78 Å². The maximum absolute atomic E-state index is 13.0. The Morgan fingerprint density at radius 2 is 1.65 bits per heavy atom. The molecule has 0 radical (unpaired) electrons. The third kappa shape index (κ3) is 3.41. The van der Waals surface area contributed by atoms with Crippen LogP contribution in [0.2, 0.25) is 0 Å². The van der Waals surface area contributed by atoms with Crippen molar-refractivity contribution in [2.24, 2.45) is 0 Å². The van der Waals surface area contributed by atoms with Crippen LogP contribution in [-0.2, 0) is 9.53 Å². The number of methoxy groups -OCH3 is 2. The number of rotatable bonds is 5. The average molecular weight is 482 g/mol. The molecule has 0 unspecified atom stereocenters. The first-order valence-electron chi connectivity index (χ1n) is 7.58. The summed E-state index contributed by atoms with van der Waals surface area (Å²) in [5.41, 5.74) is 1.70. The van der Waals surface area contributed by atoms with Crippen LogP contribution in [0, 0.1) is 0 Å². The highest BCUT2D eigenvalue weighted by molar-refractivity contribution is 9.11. The van der Waals surface area contributed by atoms with E-state index < -0.39 is 11.8 Å². The van der Waals surface area contributed by atoms with Crippen LogP contribution in [0.1, 0.15) is 15.9 Å². The van der Waals surface area contributed by atoms with Crippen molar-refractivity contribution in [1.82, 2.24) is 0 Å². The van der Waals surface area contributed by atoms with E-state index in [0.717, 1.165) is 5.56 Å². The predicted molar refractivity (Wildman–Crippen MR) is 104 cm³/mol. The maximum atomic E-state index is 13.0. The molecule has 1 aliphatic rings. The Bertz CT molecular complexity index is 893. The molecule has 7 heteroatoms. The van der Waals surface area contributed by atoms with E-state index in [2.05, 4.69) is 31.9 Å². The zero-order valence-electron chi connectivity index (χ0n) is 14.0. The lowest BCUT2D eigenvalue weighted by Crippen LogP contribution is -2.11. The Hall–Kier alpha value is -2.12. The van der Waals surface area contributed by atoms with Crippen LogP contribution < -0.4 is 9.47 Å². The van der Waals surface area contributed by atoms with Crippen molar-refractivity contribution in [3.63, 3.8) is 0 Å². The molecule has 3 rings (SSSR count). The Balaban J connectivity index is 2.06. The molecule has 0 spiro atoms. The van der Waals surface area contributed by atoms with E-state index in [1.54, 1.807) is 43.5 Å². The summed E-state index contributed by atoms with van der Waals surface area (Å²) in [6.45, 7) is 0.0602. The Kier molecular flexibility index (Phi) is 5.48. The number of cyclic esters (lactones) is 1. The molecule has 0 bridgehead atoms. The van der Waals surface area contributed by atoms with Gasteiger partial charge in [0.05, 0.1) is 23.2 Å². The van der Waals surface area contributed by atoms with Gasteiger partial charge in [0, 0.05) is 11.1 Å². The second-order valence-electron chi connectivity index (χ2n) is 5.46. The van der Waals surface area contributed by atoms with Gasteiger partial charge in [-0.25, -0.2) is 4.79 Å². The van der Waals surface area contributed by atoms with Crippen LogP contribution in [0.25, 0.3) is 5.57 Å². The number of ether oxygens (including phenoxy) is 3. The summed E-state index contributed by atoms with van der Waals surface area (Å²) in [6.07, 6.45) is 0. The lowest BCUT2D eigenvalue weighted by Gasteiger charge is -2.09. The molecule has 0 saturated carbocycles. The molecule has 0 aromatic heterocycles. The standard InChI is InChI=1S/C19H14Br2O5/c1-24-12-5-3-10(4-6-12)13-9-26-19(23)16(13)17(22)11-7-14(20)18(25-2)15(21)8-11/h3-8H,9H2,1-2H3. The van der Waals surface area contributed by atoms with E-state index in [0.29, 0.717) is 31.6 Å². The van der Waals surface area contributed by atoms with E-state index in [4.69, 9.17) is 14.2 Å². The largest absolute Gasteiger partial charge is 0.497 e. The minimum Gasteiger partial charge on any atom is -0.497 e. The van der Waals surface area contributed by atoms with Gasteiger partial charge in [-0.3, -0.25) is 4.79 Å². The third-order valence-corrected chi connectivity index (χ3v) is 5.16. The summed E-state index contributed by atoms with van der Waals surface area (Å²) in [5.74, 6) is 0.238. The normalized spacial score (nSPS) is 13.6. The smallest absolute Gasteiger partial charge is 0.342 e. The van der Waals surface area contributed by atoms with Crippen molar-refractivity contribution in [2.75, 3.05) is 20.8 Å². The topological polar surface area (TPSA) is 61.8 Å². The highest BCUT2D eigenvalue weighted by Crippen LogP contribution is 2.36. The zero-order valence-corrected chi connectivity index (χ0v) is 17.1. The van der Waals surface area contributed by atoms with Gasteiger partial charge in [-0.1, -0.05) is 12.1 Å². The Morgan fingerprint density at radius 3 is 2.19 bits per heavy atom. The lowest BCUT2D eigenvalue weighted by atomic mass is 9.95. The van der Waals surface area contributed by atoms with Crippen molar-refractivity contribution in [1.29, 1.82) is 0 Å². The van der Waals surface area contributed by atoms with Crippen molar-refractivity contribution in [3.8, 4) is 11.5 Å². The summed E-state index contributed by atoms with van der Waals surface area (Å²) in [5, 5.41) is 0. The molecule has 26 heavy (non-hydrogen) atoms. The zero-order chi connectivity index (χ0) is 18.8. The summed E-state index contributed by atoms with van der Waals surface area (Å²) < 4.78 is 16.7. The van der Waals surface area contributed by atoms with Gasteiger partial charge in [-0.05, 0) is 61.7 Å². The van der Waals surface area contributed by atoms with Crippen molar-refractivity contribution in [2.45, 2.75) is 0 Å². The first-order valence-corrected chi connectivity index (χ1v) is 9.17. The first-order chi connectivity index (χ1) is 12.5. The SMILES string of the molecule is COc1ccc(C2=C(C(=O)c3cc(Br)c(OC)c(Br)c3)C(=O)OC2)cc1. The van der Waals surface area contributed by atoms with Gasteiger partial charge >= 0.3 is 5.97 Å². The summed E-state index contributed by atoms with van der Waals surface area (Å²) in [6, 6.07) is 10.4. The molecule has 0 N–H and O–H groups in total. The lowest BCUT2D eigenvalue weighted by molar-refractivity contribution is -0.135. The van der Waals surface area contributed by atoms with Gasteiger partial charge in [0.1, 0.15) is 23.7 Å². The number of carbonyl (C=O) groups excluding carboxylic acids is 2. The molecule has 134 valence electrons. The van der Waals surface area contributed by atoms with E-state index in [-0.39, 0.29) is 12.2 Å². The Morgan fingerprint density at radius 1 is 1.04 bits per heavy atom. The van der Waals surface area contributed by atoms with E-state index in [9.17, 15) is 9.59 Å². The van der Waals surface area contributed by atoms with E-state index >= 15 is 0 Å². The number of hydrogen-bond acceptors (Lipinski definition) is 5. The monoisotopic (exact) mass is 480 g/mol. The second-order valence-corrected chi connectivity index (χ2v) is 7.17. The number of carbonyl (C=O) groups is 2. The van der Waals surface area contributed by atoms with Crippen molar-refractivity contribution in [3.05, 3.63) is 62.0 Å². The molecule has 0 saturated heterocycles. The highest BCUT2D eigenvalue weighted by Gasteiger charge is 2.32. The van der Waals surface area contributed by atoms with Crippen LogP contribution in [-0.4, -0.2) is 32.6 Å². The molecule has 2 aromatic carbocycles. The molecule has 2 aromatic rings. The number of hydrogen-bond donors (Lipinski definition) is 0. The molecule has 1 heterocycles. The molecular formula is C19H14Br2O5. The minimum atomic E-state index is -0.621. The number of benzene rings is 2. The minimum absolute atomic E-state index is 0.0409. The number of esters is 1. The quantitative estimate of drug-likeness (QED) is 0.359. The number of ketones is 1. The number of Topliss-reactive ketones (excluding diaryl/α,β-unsaturated/α-hetero) is 1. The molecule has 0 fully saturated rings. The van der Waals surface area contributed by atoms with Crippen LogP contribution in [0.3, 0.4) is 0 Å². The number of halogens is 2. The molecular weight excluding hydrogens is 468 g/mol. The fourth-order valence-electron chi connectivity index (χ4n) is 2.69. The van der Waals surface area contributed by atoms with Crippen LogP contribution in [0.15, 0.2) is 50.9 Å². The highest BCUT2D eigenvalue weighted by atomic mass is 79.9. The van der Waals surface area contributed by atoms with Gasteiger partial charge in [-0.2, -0.15) is 0 Å². The van der Waals surface area contributed by atoms with Gasteiger partial charge in [0.15, 0.2) is 0 Å². The average Bonchev–Trinajstić information content (AvgIpc) is 3.02. The maximum Gasteiger partial charge on any atom is 0.342 e. The molecule has 1 aliphatic heterocycles. The molecule has 5 nitrogen and oxygen atoms in total. The van der Waals surface area contributed by atoms with Crippen LogP contribution >= 0.6 is 31.9 Å². The fourth-order valence-corrected chi connectivity index (χ4v) is 4.20. The Labute approximate surface area is 167 Å². The van der Waals surface area contributed by atoms with Gasteiger partial charge in [-0.15, -0.1) is 0 Å². The van der Waals surface area contributed by atoms with E-state index in [1.807, 2.05) is 0 Å². The van der Waals surface area contributed by atoms with Crippen molar-refractivity contribution < 1.29 is 23.8 Å². The third-order valence-electron chi connectivity index (χ3n) is 3.98. The van der Waals surface area contributed by atoms with Gasteiger partial charge in [0.25, 0.3) is 0 Å². The second kappa shape index (κ2) is 7.63. The summed E-state index contributed by atoms with van der Waals surface area (Å²) in [4.78, 5) is 25.2.